The standard InChI is InChI=1S/C17H14N2O3S/c1-22-14-7-6-11(10-13(14)20)18-16(21)8-9-17-19-12-4-2-3-5-15(12)23-17/h2-10,20H,1H3,(H,18,21)/b9-8+. The summed E-state index contributed by atoms with van der Waals surface area (Å²) in [6, 6.07) is 12.5. The van der Waals surface area contributed by atoms with Crippen molar-refractivity contribution in [3.05, 3.63) is 53.5 Å². The number of benzene rings is 2. The molecular formula is C17H14N2O3S. The number of nitrogens with one attached hydrogen (secondary N) is 1. The zero-order valence-electron chi connectivity index (χ0n) is 12.3. The number of ether oxygens (including phenoxy) is 1. The Bertz CT molecular complexity index is 853. The predicted molar refractivity (Wildman–Crippen MR) is 91.9 cm³/mol. The summed E-state index contributed by atoms with van der Waals surface area (Å²) in [4.78, 5) is 16.4. The minimum absolute atomic E-state index is 0.0274. The minimum Gasteiger partial charge on any atom is -0.504 e. The molecule has 0 aliphatic rings. The van der Waals surface area contributed by atoms with Crippen molar-refractivity contribution >= 4 is 39.2 Å². The van der Waals surface area contributed by atoms with E-state index in [4.69, 9.17) is 4.74 Å². The fourth-order valence-electron chi connectivity index (χ4n) is 2.06. The highest BCUT2D eigenvalue weighted by Crippen LogP contribution is 2.28. The van der Waals surface area contributed by atoms with E-state index >= 15 is 0 Å². The molecule has 0 aliphatic heterocycles. The van der Waals surface area contributed by atoms with E-state index in [1.165, 1.54) is 30.6 Å². The summed E-state index contributed by atoms with van der Waals surface area (Å²) in [5.74, 6) is 0.0299. The summed E-state index contributed by atoms with van der Waals surface area (Å²) in [6.07, 6.45) is 3.09. The Morgan fingerprint density at radius 2 is 2.13 bits per heavy atom. The normalized spacial score (nSPS) is 11.0. The lowest BCUT2D eigenvalue weighted by Gasteiger charge is -2.06. The Labute approximate surface area is 136 Å². The van der Waals surface area contributed by atoms with E-state index < -0.39 is 0 Å². The number of para-hydroxylation sites is 1. The van der Waals surface area contributed by atoms with Crippen LogP contribution >= 0.6 is 11.3 Å². The third-order valence-electron chi connectivity index (χ3n) is 3.13. The maximum Gasteiger partial charge on any atom is 0.248 e. The third kappa shape index (κ3) is 3.49. The van der Waals surface area contributed by atoms with Gasteiger partial charge in [-0.1, -0.05) is 12.1 Å². The number of aromatic hydroxyl groups is 1. The molecule has 1 amide bonds. The Morgan fingerprint density at radius 1 is 1.30 bits per heavy atom. The van der Waals surface area contributed by atoms with Gasteiger partial charge in [0.05, 0.1) is 17.3 Å². The van der Waals surface area contributed by atoms with Gasteiger partial charge in [0.15, 0.2) is 11.5 Å². The summed E-state index contributed by atoms with van der Waals surface area (Å²) in [7, 11) is 1.47. The fourth-order valence-corrected chi connectivity index (χ4v) is 2.93. The number of methoxy groups -OCH3 is 1. The van der Waals surface area contributed by atoms with Crippen LogP contribution in [0, 0.1) is 0 Å². The van der Waals surface area contributed by atoms with Gasteiger partial charge in [-0.15, -0.1) is 11.3 Å². The largest absolute Gasteiger partial charge is 0.504 e. The lowest BCUT2D eigenvalue weighted by molar-refractivity contribution is -0.111. The summed E-state index contributed by atoms with van der Waals surface area (Å²) < 4.78 is 6.03. The minimum atomic E-state index is -0.297. The van der Waals surface area contributed by atoms with Crippen LogP contribution in [0.4, 0.5) is 5.69 Å². The molecule has 116 valence electrons. The second kappa shape index (κ2) is 6.50. The summed E-state index contributed by atoms with van der Waals surface area (Å²) in [6.45, 7) is 0. The number of nitrogens with zero attached hydrogens (tertiary/aromatic N) is 1. The summed E-state index contributed by atoms with van der Waals surface area (Å²) >= 11 is 1.52. The van der Waals surface area contributed by atoms with Gasteiger partial charge >= 0.3 is 0 Å². The molecule has 2 N–H and O–H groups in total. The van der Waals surface area contributed by atoms with E-state index in [0.717, 1.165) is 15.2 Å². The van der Waals surface area contributed by atoms with Gasteiger partial charge in [0.2, 0.25) is 5.91 Å². The van der Waals surface area contributed by atoms with Crippen LogP contribution in [0.1, 0.15) is 5.01 Å². The topological polar surface area (TPSA) is 71.5 Å². The van der Waals surface area contributed by atoms with Crippen LogP contribution in [-0.2, 0) is 4.79 Å². The highest BCUT2D eigenvalue weighted by atomic mass is 32.1. The molecular weight excluding hydrogens is 312 g/mol. The van der Waals surface area contributed by atoms with E-state index in [-0.39, 0.29) is 11.7 Å². The van der Waals surface area contributed by atoms with Crippen LogP contribution in [0.3, 0.4) is 0 Å². The summed E-state index contributed by atoms with van der Waals surface area (Å²) in [5.41, 5.74) is 1.40. The van der Waals surface area contributed by atoms with Crippen molar-refractivity contribution in [2.45, 2.75) is 0 Å². The number of rotatable bonds is 4. The molecule has 0 unspecified atom stereocenters. The SMILES string of the molecule is COc1ccc(NC(=O)/C=C/c2nc3ccccc3s2)cc1O. The molecule has 1 heterocycles. The fraction of sp³-hybridized carbons (Fsp3) is 0.0588. The second-order valence-corrected chi connectivity index (χ2v) is 5.79. The van der Waals surface area contributed by atoms with Crippen molar-refractivity contribution in [2.75, 3.05) is 12.4 Å². The molecule has 0 bridgehead atoms. The number of fused-ring (bicyclic) bond motifs is 1. The lowest BCUT2D eigenvalue weighted by Crippen LogP contribution is -2.07. The van der Waals surface area contributed by atoms with Crippen LogP contribution in [0.25, 0.3) is 16.3 Å². The van der Waals surface area contributed by atoms with E-state index in [9.17, 15) is 9.90 Å². The van der Waals surface area contributed by atoms with Gasteiger partial charge < -0.3 is 15.2 Å². The molecule has 23 heavy (non-hydrogen) atoms. The zero-order valence-corrected chi connectivity index (χ0v) is 13.1. The van der Waals surface area contributed by atoms with E-state index in [1.807, 2.05) is 24.3 Å². The molecule has 3 aromatic rings. The monoisotopic (exact) mass is 326 g/mol. The maximum atomic E-state index is 11.9. The molecule has 0 atom stereocenters. The first-order chi connectivity index (χ1) is 11.2. The molecule has 0 saturated heterocycles. The Balaban J connectivity index is 1.70. The van der Waals surface area contributed by atoms with Gasteiger partial charge in [0.25, 0.3) is 0 Å². The first-order valence-corrected chi connectivity index (χ1v) is 7.69. The molecule has 5 nitrogen and oxygen atoms in total. The average Bonchev–Trinajstić information content (AvgIpc) is 2.96. The van der Waals surface area contributed by atoms with Crippen LogP contribution in [-0.4, -0.2) is 23.1 Å². The number of phenols is 1. The summed E-state index contributed by atoms with van der Waals surface area (Å²) in [5, 5.41) is 13.1. The van der Waals surface area contributed by atoms with Gasteiger partial charge in [-0.2, -0.15) is 0 Å². The first-order valence-electron chi connectivity index (χ1n) is 6.87. The molecule has 0 aliphatic carbocycles. The average molecular weight is 326 g/mol. The van der Waals surface area contributed by atoms with Gasteiger partial charge in [-0.05, 0) is 30.3 Å². The van der Waals surface area contributed by atoms with Gasteiger partial charge in [-0.3, -0.25) is 4.79 Å². The van der Waals surface area contributed by atoms with E-state index in [1.54, 1.807) is 18.2 Å². The van der Waals surface area contributed by atoms with Crippen LogP contribution < -0.4 is 10.1 Å². The van der Waals surface area contributed by atoms with Crippen LogP contribution in [0.2, 0.25) is 0 Å². The number of thiazole rings is 1. The lowest BCUT2D eigenvalue weighted by atomic mass is 10.2. The molecule has 0 fully saturated rings. The predicted octanol–water partition coefficient (Wildman–Crippen LogP) is 3.66. The highest BCUT2D eigenvalue weighted by Gasteiger charge is 2.05. The molecule has 6 heteroatoms. The zero-order chi connectivity index (χ0) is 16.2. The molecule has 0 spiro atoms. The number of hydrogen-bond acceptors (Lipinski definition) is 5. The number of phenolic OH excluding ortho intramolecular Hbond substituents is 1. The Morgan fingerprint density at radius 3 is 2.87 bits per heavy atom. The number of anilines is 1. The van der Waals surface area contributed by atoms with Crippen molar-refractivity contribution in [3.63, 3.8) is 0 Å². The van der Waals surface area contributed by atoms with E-state index in [2.05, 4.69) is 10.3 Å². The smallest absolute Gasteiger partial charge is 0.248 e. The molecule has 2 aromatic carbocycles. The van der Waals surface area contributed by atoms with Crippen LogP contribution in [0.15, 0.2) is 48.5 Å². The quantitative estimate of drug-likeness (QED) is 0.718. The number of carbonyl (C=O) groups is 1. The van der Waals surface area contributed by atoms with Crippen molar-refractivity contribution in [3.8, 4) is 11.5 Å². The van der Waals surface area contributed by atoms with Gasteiger partial charge in [0, 0.05) is 17.8 Å². The maximum absolute atomic E-state index is 11.9. The van der Waals surface area contributed by atoms with Crippen molar-refractivity contribution in [1.29, 1.82) is 0 Å². The number of amides is 1. The highest BCUT2D eigenvalue weighted by molar-refractivity contribution is 7.19. The van der Waals surface area contributed by atoms with Gasteiger partial charge in [0.1, 0.15) is 5.01 Å². The van der Waals surface area contributed by atoms with Gasteiger partial charge in [-0.25, -0.2) is 4.98 Å². The first kappa shape index (κ1) is 15.1. The van der Waals surface area contributed by atoms with Crippen LogP contribution in [0.5, 0.6) is 11.5 Å². The molecule has 0 saturated carbocycles. The van der Waals surface area contributed by atoms with Crippen molar-refractivity contribution < 1.29 is 14.6 Å². The van der Waals surface area contributed by atoms with Crippen molar-refractivity contribution in [1.82, 2.24) is 4.98 Å². The third-order valence-corrected chi connectivity index (χ3v) is 4.14. The number of carbonyl (C=O) groups excluding carboxylic acids is 1. The molecule has 1 aromatic heterocycles. The second-order valence-electron chi connectivity index (χ2n) is 4.73. The Hall–Kier alpha value is -2.86. The molecule has 3 rings (SSSR count). The Kier molecular flexibility index (Phi) is 4.25. The van der Waals surface area contributed by atoms with E-state index in [0.29, 0.717) is 11.4 Å². The molecule has 0 radical (unpaired) electrons. The number of hydrogen-bond donors (Lipinski definition) is 2. The van der Waals surface area contributed by atoms with Crippen molar-refractivity contribution in [2.24, 2.45) is 0 Å². The number of aromatic nitrogens is 1.